The average Bonchev–Trinajstić information content (AvgIpc) is 2.77. The van der Waals surface area contributed by atoms with E-state index in [0.717, 1.165) is 56.5 Å². The quantitative estimate of drug-likeness (QED) is 0.373. The summed E-state index contributed by atoms with van der Waals surface area (Å²) < 4.78 is 11.9. The Labute approximate surface area is 134 Å². The van der Waals surface area contributed by atoms with E-state index in [1.807, 2.05) is 18.7 Å². The second-order valence-electron chi connectivity index (χ2n) is 6.64. The Hall–Kier alpha value is -0.870. The monoisotopic (exact) mass is 309 g/mol. The lowest BCUT2D eigenvalue weighted by molar-refractivity contribution is -0.140. The lowest BCUT2D eigenvalue weighted by Gasteiger charge is -2.41. The maximum absolute atomic E-state index is 12.4. The molecule has 0 aliphatic carbocycles. The second kappa shape index (κ2) is 8.11. The van der Waals surface area contributed by atoms with Gasteiger partial charge in [0.05, 0.1) is 24.8 Å². The predicted molar refractivity (Wildman–Crippen MR) is 87.8 cm³/mol. The van der Waals surface area contributed by atoms with Crippen molar-refractivity contribution in [3.05, 3.63) is 11.1 Å². The van der Waals surface area contributed by atoms with Crippen molar-refractivity contribution in [2.24, 2.45) is 0 Å². The first-order chi connectivity index (χ1) is 10.6. The van der Waals surface area contributed by atoms with E-state index in [9.17, 15) is 4.79 Å². The number of amides is 1. The smallest absolute Gasteiger partial charge is 0.252 e. The molecule has 0 radical (unpaired) electrons. The van der Waals surface area contributed by atoms with Crippen LogP contribution in [0.25, 0.3) is 0 Å². The molecule has 1 amide bonds. The maximum atomic E-state index is 12.4. The van der Waals surface area contributed by atoms with Gasteiger partial charge in [-0.3, -0.25) is 4.79 Å². The molecule has 22 heavy (non-hydrogen) atoms. The van der Waals surface area contributed by atoms with E-state index in [1.54, 1.807) is 0 Å². The van der Waals surface area contributed by atoms with E-state index in [-0.39, 0.29) is 24.1 Å². The van der Waals surface area contributed by atoms with Crippen LogP contribution in [0.2, 0.25) is 0 Å². The number of unbranched alkanes of at least 4 members (excludes halogenated alkanes) is 2. The van der Waals surface area contributed by atoms with E-state index in [4.69, 9.17) is 9.47 Å². The summed E-state index contributed by atoms with van der Waals surface area (Å²) in [5.74, 6) is 0.190. The molecule has 0 aromatic heterocycles. The molecule has 0 bridgehead atoms. The average molecular weight is 309 g/mol. The molecule has 2 rings (SSSR count). The largest absolute Gasteiger partial charge is 0.379 e. The molecular weight excluding hydrogens is 278 g/mol. The Bertz CT molecular complexity index is 415. The molecule has 0 unspecified atom stereocenters. The van der Waals surface area contributed by atoms with Crippen LogP contribution in [-0.4, -0.2) is 48.8 Å². The van der Waals surface area contributed by atoms with Crippen LogP contribution >= 0.6 is 0 Å². The molecule has 2 fully saturated rings. The highest BCUT2D eigenvalue weighted by Crippen LogP contribution is 2.42. The summed E-state index contributed by atoms with van der Waals surface area (Å²) in [6.45, 7) is 10.6. The highest BCUT2D eigenvalue weighted by atomic mass is 16.5. The standard InChI is InChI=1S/C18H31NO3/c1-5-7-9-21-12-15-16(22-10-8-6-2)11-14-17(13(3)4)18(20)19(14)15/h14-16H,5-12H2,1-4H3/t14-,15+,16+/m1/s1. The Kier molecular flexibility index (Phi) is 6.45. The summed E-state index contributed by atoms with van der Waals surface area (Å²) in [6.07, 6.45) is 5.47. The number of fused-ring (bicyclic) bond motifs is 1. The van der Waals surface area contributed by atoms with Crippen molar-refractivity contribution in [1.29, 1.82) is 0 Å². The van der Waals surface area contributed by atoms with E-state index in [0.29, 0.717) is 6.61 Å². The minimum absolute atomic E-state index is 0.0920. The Morgan fingerprint density at radius 3 is 2.50 bits per heavy atom. The van der Waals surface area contributed by atoms with Crippen LogP contribution in [0, 0.1) is 0 Å². The number of nitrogens with zero attached hydrogens (tertiary/aromatic N) is 1. The third kappa shape index (κ3) is 3.54. The topological polar surface area (TPSA) is 38.8 Å². The summed E-state index contributed by atoms with van der Waals surface area (Å²) in [5, 5.41) is 0. The van der Waals surface area contributed by atoms with Gasteiger partial charge in [0.15, 0.2) is 0 Å². The van der Waals surface area contributed by atoms with E-state index < -0.39 is 0 Å². The highest BCUT2D eigenvalue weighted by Gasteiger charge is 2.55. The van der Waals surface area contributed by atoms with Crippen LogP contribution in [0.4, 0.5) is 0 Å². The number of β-lactam (4-membered cyclic amide) rings is 1. The van der Waals surface area contributed by atoms with Gasteiger partial charge in [-0.1, -0.05) is 32.3 Å². The fourth-order valence-electron chi connectivity index (χ4n) is 3.41. The maximum Gasteiger partial charge on any atom is 0.252 e. The number of rotatable bonds is 9. The molecule has 2 aliphatic heterocycles. The summed E-state index contributed by atoms with van der Waals surface area (Å²) in [7, 11) is 0. The number of carbonyl (C=O) groups is 1. The van der Waals surface area contributed by atoms with Gasteiger partial charge in [-0.15, -0.1) is 0 Å². The van der Waals surface area contributed by atoms with Gasteiger partial charge in [0.2, 0.25) is 0 Å². The van der Waals surface area contributed by atoms with Crippen molar-refractivity contribution in [3.8, 4) is 0 Å². The normalized spacial score (nSPS) is 27.1. The molecular formula is C18H31NO3. The molecule has 2 heterocycles. The third-order valence-electron chi connectivity index (χ3n) is 4.68. The lowest BCUT2D eigenvalue weighted by atomic mass is 9.91. The molecule has 2 aliphatic rings. The number of hydrogen-bond acceptors (Lipinski definition) is 3. The van der Waals surface area contributed by atoms with Crippen LogP contribution < -0.4 is 0 Å². The molecule has 0 aromatic rings. The molecule has 4 nitrogen and oxygen atoms in total. The van der Waals surface area contributed by atoms with Gasteiger partial charge in [0, 0.05) is 25.2 Å². The van der Waals surface area contributed by atoms with Crippen molar-refractivity contribution < 1.29 is 14.3 Å². The summed E-state index contributed by atoms with van der Waals surface area (Å²) >= 11 is 0. The van der Waals surface area contributed by atoms with Crippen LogP contribution in [-0.2, 0) is 14.3 Å². The minimum atomic E-state index is 0.0920. The molecule has 0 aromatic carbocycles. The SMILES string of the molecule is CCCCOC[C@H]1[C@@H](OCCCC)C[C@@H]2C(=C(C)C)C(=O)N21. The zero-order valence-electron chi connectivity index (χ0n) is 14.6. The Morgan fingerprint density at radius 1 is 1.18 bits per heavy atom. The lowest BCUT2D eigenvalue weighted by Crippen LogP contribution is -2.57. The van der Waals surface area contributed by atoms with Crippen molar-refractivity contribution in [1.82, 2.24) is 4.90 Å². The van der Waals surface area contributed by atoms with E-state index in [2.05, 4.69) is 13.8 Å². The number of carbonyl (C=O) groups excluding carboxylic acids is 1. The van der Waals surface area contributed by atoms with Gasteiger partial charge in [-0.2, -0.15) is 0 Å². The molecule has 3 atom stereocenters. The van der Waals surface area contributed by atoms with Crippen LogP contribution in [0.3, 0.4) is 0 Å². The minimum Gasteiger partial charge on any atom is -0.379 e. The fourth-order valence-corrected chi connectivity index (χ4v) is 3.41. The van der Waals surface area contributed by atoms with Crippen LogP contribution in [0.5, 0.6) is 0 Å². The van der Waals surface area contributed by atoms with Crippen molar-refractivity contribution >= 4 is 5.91 Å². The van der Waals surface area contributed by atoms with Gasteiger partial charge in [0.1, 0.15) is 0 Å². The summed E-state index contributed by atoms with van der Waals surface area (Å²) in [6, 6.07) is 0.346. The zero-order chi connectivity index (χ0) is 16.1. The first-order valence-electron chi connectivity index (χ1n) is 8.81. The molecule has 4 heteroatoms. The third-order valence-corrected chi connectivity index (χ3v) is 4.68. The van der Waals surface area contributed by atoms with Gasteiger partial charge in [-0.25, -0.2) is 0 Å². The summed E-state index contributed by atoms with van der Waals surface area (Å²) in [5.41, 5.74) is 2.14. The predicted octanol–water partition coefficient (Wildman–Crippen LogP) is 3.31. The number of allylic oxidation sites excluding steroid dienone is 1. The first-order valence-corrected chi connectivity index (χ1v) is 8.81. The molecule has 0 N–H and O–H groups in total. The summed E-state index contributed by atoms with van der Waals surface area (Å²) in [4.78, 5) is 14.4. The molecule has 126 valence electrons. The van der Waals surface area contributed by atoms with Crippen molar-refractivity contribution in [2.75, 3.05) is 19.8 Å². The van der Waals surface area contributed by atoms with Crippen molar-refractivity contribution in [3.63, 3.8) is 0 Å². The Balaban J connectivity index is 1.98. The van der Waals surface area contributed by atoms with Crippen molar-refractivity contribution in [2.45, 2.75) is 78.0 Å². The van der Waals surface area contributed by atoms with Gasteiger partial charge in [0.25, 0.3) is 5.91 Å². The highest BCUT2D eigenvalue weighted by molar-refractivity contribution is 6.03. The number of ether oxygens (including phenoxy) is 2. The van der Waals surface area contributed by atoms with Crippen LogP contribution in [0.1, 0.15) is 59.8 Å². The molecule has 2 saturated heterocycles. The first kappa shape index (κ1) is 17.5. The van der Waals surface area contributed by atoms with Crippen LogP contribution in [0.15, 0.2) is 11.1 Å². The zero-order valence-corrected chi connectivity index (χ0v) is 14.6. The second-order valence-corrected chi connectivity index (χ2v) is 6.64. The molecule has 0 spiro atoms. The van der Waals surface area contributed by atoms with Gasteiger partial charge in [-0.05, 0) is 26.7 Å². The fraction of sp³-hybridized carbons (Fsp3) is 0.833. The van der Waals surface area contributed by atoms with E-state index >= 15 is 0 Å². The number of hydrogen-bond donors (Lipinski definition) is 0. The van der Waals surface area contributed by atoms with Gasteiger partial charge >= 0.3 is 0 Å². The van der Waals surface area contributed by atoms with Gasteiger partial charge < -0.3 is 14.4 Å². The molecule has 0 saturated carbocycles. The Morgan fingerprint density at radius 2 is 1.86 bits per heavy atom. The van der Waals surface area contributed by atoms with E-state index in [1.165, 1.54) is 0 Å².